The number of ether oxygens (including phenoxy) is 2. The van der Waals surface area contributed by atoms with Gasteiger partial charge in [-0.3, -0.25) is 0 Å². The van der Waals surface area contributed by atoms with Gasteiger partial charge < -0.3 is 24.2 Å². The maximum atomic E-state index is 13.4. The molecular weight excluding hydrogens is 382 g/mol. The van der Waals surface area contributed by atoms with Gasteiger partial charge in [0.25, 0.3) is 0 Å². The smallest absolute Gasteiger partial charge is 0.410 e. The van der Waals surface area contributed by atoms with Crippen LogP contribution in [0.2, 0.25) is 0 Å². The lowest BCUT2D eigenvalue weighted by molar-refractivity contribution is 0.0157. The van der Waals surface area contributed by atoms with E-state index in [1.54, 1.807) is 12.0 Å². The summed E-state index contributed by atoms with van der Waals surface area (Å²) in [6.07, 6.45) is 1.23. The number of rotatable bonds is 5. The van der Waals surface area contributed by atoms with Crippen molar-refractivity contribution in [2.24, 2.45) is 0 Å². The molecule has 166 valence electrons. The Bertz CT molecular complexity index is 726. The molecule has 0 spiro atoms. The van der Waals surface area contributed by atoms with Gasteiger partial charge in [0.15, 0.2) is 0 Å². The highest BCUT2D eigenvalue weighted by Crippen LogP contribution is 2.35. The van der Waals surface area contributed by atoms with Gasteiger partial charge in [0.1, 0.15) is 5.60 Å². The molecule has 0 aliphatic carbocycles. The van der Waals surface area contributed by atoms with Crippen LogP contribution in [0.5, 0.6) is 0 Å². The van der Waals surface area contributed by atoms with Crippen molar-refractivity contribution >= 4 is 12.1 Å². The number of hydrogen-bond acceptors (Lipinski definition) is 4. The Labute approximate surface area is 179 Å². The van der Waals surface area contributed by atoms with E-state index in [4.69, 9.17) is 9.47 Å². The van der Waals surface area contributed by atoms with E-state index < -0.39 is 5.60 Å². The first-order chi connectivity index (χ1) is 14.2. The van der Waals surface area contributed by atoms with E-state index in [2.05, 4.69) is 12.1 Å². The number of carbonyl (C=O) groups is 2. The van der Waals surface area contributed by atoms with E-state index in [1.807, 2.05) is 55.7 Å². The van der Waals surface area contributed by atoms with Gasteiger partial charge >= 0.3 is 12.1 Å². The fraction of sp³-hybridized carbons (Fsp3) is 0.652. The van der Waals surface area contributed by atoms with Crippen LogP contribution in [0.15, 0.2) is 30.3 Å². The predicted octanol–water partition coefficient (Wildman–Crippen LogP) is 3.90. The lowest BCUT2D eigenvalue weighted by Crippen LogP contribution is -2.50. The standard InChI is InChI=1S/C23H35N3O4/c1-17(16-29-5)25-15-20(18-9-7-6-8-10-18)26(21(25)27)19-11-13-24(14-12-19)22(28)30-23(2,3)4/h6-10,17,19-20H,11-16H2,1-5H3/t17-,20?/m1/s1. The number of likely N-dealkylation sites (tertiary alicyclic amines) is 1. The van der Waals surface area contributed by atoms with Crippen molar-refractivity contribution in [1.29, 1.82) is 0 Å². The third kappa shape index (κ3) is 5.06. The largest absolute Gasteiger partial charge is 0.444 e. The Morgan fingerprint density at radius 1 is 1.17 bits per heavy atom. The highest BCUT2D eigenvalue weighted by Gasteiger charge is 2.44. The van der Waals surface area contributed by atoms with Crippen LogP contribution in [0, 0.1) is 0 Å². The van der Waals surface area contributed by atoms with Gasteiger partial charge in [0.2, 0.25) is 0 Å². The molecule has 2 aliphatic rings. The van der Waals surface area contributed by atoms with Crippen LogP contribution in [-0.4, -0.2) is 77.9 Å². The zero-order valence-corrected chi connectivity index (χ0v) is 18.8. The molecule has 7 heteroatoms. The zero-order valence-electron chi connectivity index (χ0n) is 18.8. The fourth-order valence-electron chi connectivity index (χ4n) is 4.34. The van der Waals surface area contributed by atoms with Crippen LogP contribution in [-0.2, 0) is 9.47 Å². The van der Waals surface area contributed by atoms with Crippen molar-refractivity contribution in [2.75, 3.05) is 33.4 Å². The predicted molar refractivity (Wildman–Crippen MR) is 115 cm³/mol. The summed E-state index contributed by atoms with van der Waals surface area (Å²) in [6, 6.07) is 10.4. The van der Waals surface area contributed by atoms with Gasteiger partial charge in [-0.05, 0) is 46.1 Å². The van der Waals surface area contributed by atoms with Crippen molar-refractivity contribution in [2.45, 2.75) is 64.3 Å². The fourth-order valence-corrected chi connectivity index (χ4v) is 4.34. The number of urea groups is 1. The average molecular weight is 418 g/mol. The highest BCUT2D eigenvalue weighted by atomic mass is 16.6. The third-order valence-electron chi connectivity index (χ3n) is 5.81. The number of carbonyl (C=O) groups excluding carboxylic acids is 2. The lowest BCUT2D eigenvalue weighted by Gasteiger charge is -2.39. The summed E-state index contributed by atoms with van der Waals surface area (Å²) in [6.45, 7) is 10.0. The van der Waals surface area contributed by atoms with Crippen LogP contribution < -0.4 is 0 Å². The third-order valence-corrected chi connectivity index (χ3v) is 5.81. The minimum atomic E-state index is -0.505. The summed E-state index contributed by atoms with van der Waals surface area (Å²) in [5, 5.41) is 0. The monoisotopic (exact) mass is 417 g/mol. The van der Waals surface area contributed by atoms with Gasteiger partial charge in [-0.15, -0.1) is 0 Å². The second kappa shape index (κ2) is 9.25. The number of hydrogen-bond donors (Lipinski definition) is 0. The number of amides is 3. The number of nitrogens with zero attached hydrogens (tertiary/aromatic N) is 3. The summed E-state index contributed by atoms with van der Waals surface area (Å²) in [4.78, 5) is 31.5. The van der Waals surface area contributed by atoms with E-state index >= 15 is 0 Å². The molecule has 2 aliphatic heterocycles. The van der Waals surface area contributed by atoms with Crippen molar-refractivity contribution in [1.82, 2.24) is 14.7 Å². The molecule has 30 heavy (non-hydrogen) atoms. The summed E-state index contributed by atoms with van der Waals surface area (Å²) in [5.74, 6) is 0. The molecule has 0 radical (unpaired) electrons. The molecule has 0 saturated carbocycles. The molecular formula is C23H35N3O4. The Morgan fingerprint density at radius 3 is 2.37 bits per heavy atom. The van der Waals surface area contributed by atoms with Crippen LogP contribution in [0.1, 0.15) is 52.1 Å². The van der Waals surface area contributed by atoms with Crippen LogP contribution in [0.25, 0.3) is 0 Å². The minimum Gasteiger partial charge on any atom is -0.444 e. The van der Waals surface area contributed by atoms with Crippen molar-refractivity contribution in [3.63, 3.8) is 0 Å². The van der Waals surface area contributed by atoms with Crippen LogP contribution >= 0.6 is 0 Å². The molecule has 1 unspecified atom stereocenters. The molecule has 3 amide bonds. The molecule has 2 saturated heterocycles. The molecule has 1 aromatic rings. The van der Waals surface area contributed by atoms with E-state index in [1.165, 1.54) is 0 Å². The lowest BCUT2D eigenvalue weighted by atomic mass is 9.99. The molecule has 7 nitrogen and oxygen atoms in total. The molecule has 2 fully saturated rings. The van der Waals surface area contributed by atoms with Crippen LogP contribution in [0.4, 0.5) is 9.59 Å². The number of piperidine rings is 1. The molecule has 1 aromatic carbocycles. The van der Waals surface area contributed by atoms with Gasteiger partial charge in [0, 0.05) is 32.8 Å². The zero-order chi connectivity index (χ0) is 21.9. The van der Waals surface area contributed by atoms with Crippen molar-refractivity contribution in [3.05, 3.63) is 35.9 Å². The van der Waals surface area contributed by atoms with Gasteiger partial charge in [-0.1, -0.05) is 30.3 Å². The first-order valence-corrected chi connectivity index (χ1v) is 10.8. The van der Waals surface area contributed by atoms with Crippen molar-refractivity contribution in [3.8, 4) is 0 Å². The average Bonchev–Trinajstić information content (AvgIpc) is 3.05. The maximum Gasteiger partial charge on any atom is 0.410 e. The Kier molecular flexibility index (Phi) is 6.91. The molecule has 0 bridgehead atoms. The number of methoxy groups -OCH3 is 1. The first kappa shape index (κ1) is 22.4. The molecule has 2 atom stereocenters. The van der Waals surface area contributed by atoms with Gasteiger partial charge in [-0.2, -0.15) is 0 Å². The van der Waals surface area contributed by atoms with Crippen molar-refractivity contribution < 1.29 is 19.1 Å². The summed E-state index contributed by atoms with van der Waals surface area (Å²) in [7, 11) is 1.66. The molecule has 0 aromatic heterocycles. The molecule has 2 heterocycles. The molecule has 3 rings (SSSR count). The second-order valence-corrected chi connectivity index (χ2v) is 9.27. The minimum absolute atomic E-state index is 0.0103. The van der Waals surface area contributed by atoms with Gasteiger partial charge in [0.05, 0.1) is 18.7 Å². The SMILES string of the molecule is COC[C@@H](C)N1CC(c2ccccc2)N(C2CCN(C(=O)OC(C)(C)C)CC2)C1=O. The molecule has 0 N–H and O–H groups in total. The second-order valence-electron chi connectivity index (χ2n) is 9.27. The van der Waals surface area contributed by atoms with E-state index in [9.17, 15) is 9.59 Å². The number of benzene rings is 1. The van der Waals surface area contributed by atoms with E-state index in [0.717, 1.165) is 18.4 Å². The summed E-state index contributed by atoms with van der Waals surface area (Å²) >= 11 is 0. The van der Waals surface area contributed by atoms with Gasteiger partial charge in [-0.25, -0.2) is 9.59 Å². The quantitative estimate of drug-likeness (QED) is 0.729. The summed E-state index contributed by atoms with van der Waals surface area (Å²) in [5.41, 5.74) is 0.641. The summed E-state index contributed by atoms with van der Waals surface area (Å²) < 4.78 is 10.8. The van der Waals surface area contributed by atoms with E-state index in [0.29, 0.717) is 26.2 Å². The Morgan fingerprint density at radius 2 is 1.80 bits per heavy atom. The van der Waals surface area contributed by atoms with E-state index in [-0.39, 0.29) is 30.2 Å². The normalized spacial score (nSPS) is 21.8. The topological polar surface area (TPSA) is 62.3 Å². The Balaban J connectivity index is 1.73. The first-order valence-electron chi connectivity index (χ1n) is 10.8. The Hall–Kier alpha value is -2.28. The van der Waals surface area contributed by atoms with Crippen LogP contribution in [0.3, 0.4) is 0 Å². The maximum absolute atomic E-state index is 13.4. The highest BCUT2D eigenvalue weighted by molar-refractivity contribution is 5.78.